The molecule has 0 aliphatic carbocycles. The Morgan fingerprint density at radius 3 is 2.24 bits per heavy atom. The fourth-order valence-corrected chi connectivity index (χ4v) is 3.89. The maximum absolute atomic E-state index is 13.4. The van der Waals surface area contributed by atoms with Crippen LogP contribution in [0.25, 0.3) is 0 Å². The molecular formula is C21H21BrF3NO3. The first kappa shape index (κ1) is 21.6. The van der Waals surface area contributed by atoms with Crippen molar-refractivity contribution < 1.29 is 27.4 Å². The van der Waals surface area contributed by atoms with Gasteiger partial charge in [-0.15, -0.1) is 13.2 Å². The predicted octanol–water partition coefficient (Wildman–Crippen LogP) is 5.05. The lowest BCUT2D eigenvalue weighted by Crippen LogP contribution is -2.48. The van der Waals surface area contributed by atoms with Crippen LogP contribution in [0.15, 0.2) is 53.0 Å². The summed E-state index contributed by atoms with van der Waals surface area (Å²) in [5, 5.41) is 0. The molecule has 1 fully saturated rings. The second-order valence-corrected chi connectivity index (χ2v) is 7.97. The van der Waals surface area contributed by atoms with Crippen LogP contribution in [0.1, 0.15) is 24.0 Å². The summed E-state index contributed by atoms with van der Waals surface area (Å²) in [6.45, 7) is 1.28. The number of carbonyl (C=O) groups is 1. The maximum atomic E-state index is 13.4. The van der Waals surface area contributed by atoms with Crippen LogP contribution in [0.3, 0.4) is 0 Å². The summed E-state index contributed by atoms with van der Waals surface area (Å²) in [6, 6.07) is 13.3. The largest absolute Gasteiger partial charge is 0.573 e. The number of benzene rings is 2. The highest BCUT2D eigenvalue weighted by Gasteiger charge is 2.43. The third-order valence-corrected chi connectivity index (χ3v) is 5.60. The van der Waals surface area contributed by atoms with Crippen LogP contribution in [-0.2, 0) is 21.5 Å². The summed E-state index contributed by atoms with van der Waals surface area (Å²) in [5.74, 6) is -0.315. The van der Waals surface area contributed by atoms with Gasteiger partial charge in [0.15, 0.2) is 0 Å². The van der Waals surface area contributed by atoms with Gasteiger partial charge in [-0.25, -0.2) is 0 Å². The average molecular weight is 472 g/mol. The molecule has 4 nitrogen and oxygen atoms in total. The van der Waals surface area contributed by atoms with Crippen molar-refractivity contribution in [1.82, 2.24) is 4.90 Å². The van der Waals surface area contributed by atoms with Gasteiger partial charge in [-0.05, 0) is 48.2 Å². The minimum absolute atomic E-state index is 0.0289. The van der Waals surface area contributed by atoms with Gasteiger partial charge < -0.3 is 14.4 Å². The van der Waals surface area contributed by atoms with Crippen molar-refractivity contribution >= 4 is 21.8 Å². The van der Waals surface area contributed by atoms with Gasteiger partial charge in [-0.2, -0.15) is 0 Å². The number of amides is 1. The lowest BCUT2D eigenvalue weighted by atomic mass is 9.73. The zero-order valence-electron chi connectivity index (χ0n) is 15.8. The van der Waals surface area contributed by atoms with Gasteiger partial charge in [-0.1, -0.05) is 40.2 Å². The van der Waals surface area contributed by atoms with E-state index in [4.69, 9.17) is 4.74 Å². The Morgan fingerprint density at radius 1 is 1.10 bits per heavy atom. The summed E-state index contributed by atoms with van der Waals surface area (Å²) in [7, 11) is 1.71. The van der Waals surface area contributed by atoms with E-state index in [0.717, 1.165) is 10.0 Å². The number of carbonyl (C=O) groups excluding carboxylic acids is 1. The molecule has 0 radical (unpaired) electrons. The van der Waals surface area contributed by atoms with Crippen molar-refractivity contribution in [2.45, 2.75) is 31.2 Å². The lowest BCUT2D eigenvalue weighted by Gasteiger charge is -2.39. The molecule has 0 saturated carbocycles. The molecule has 156 valence electrons. The maximum Gasteiger partial charge on any atom is 0.573 e. The standard InChI is InChI=1S/C21H21BrF3NO3/c1-26(14-15-2-8-18(9-3-15)29-21(23,24)25)19(27)20(10-12-28-13-11-20)16-4-6-17(22)7-5-16/h2-9H,10-14H2,1H3. The fourth-order valence-electron chi connectivity index (χ4n) is 3.62. The molecule has 0 spiro atoms. The molecular weight excluding hydrogens is 451 g/mol. The van der Waals surface area contributed by atoms with Crippen LogP contribution in [-0.4, -0.2) is 37.4 Å². The molecule has 0 atom stereocenters. The van der Waals surface area contributed by atoms with Crippen LogP contribution >= 0.6 is 15.9 Å². The molecule has 1 amide bonds. The van der Waals surface area contributed by atoms with E-state index in [1.165, 1.54) is 24.3 Å². The summed E-state index contributed by atoms with van der Waals surface area (Å²) in [6.07, 6.45) is -3.57. The van der Waals surface area contributed by atoms with E-state index in [1.54, 1.807) is 11.9 Å². The van der Waals surface area contributed by atoms with Crippen molar-refractivity contribution in [3.05, 3.63) is 64.1 Å². The van der Waals surface area contributed by atoms with Crippen molar-refractivity contribution in [2.24, 2.45) is 0 Å². The Balaban J connectivity index is 1.77. The molecule has 1 aliphatic rings. The summed E-state index contributed by atoms with van der Waals surface area (Å²) in [5.41, 5.74) is 0.982. The SMILES string of the molecule is CN(Cc1ccc(OC(F)(F)F)cc1)C(=O)C1(c2ccc(Br)cc2)CCOCC1. The van der Waals surface area contributed by atoms with Crippen LogP contribution in [0, 0.1) is 0 Å². The number of hydrogen-bond acceptors (Lipinski definition) is 3. The molecule has 0 bridgehead atoms. The van der Waals surface area contributed by atoms with E-state index in [-0.39, 0.29) is 18.2 Å². The molecule has 29 heavy (non-hydrogen) atoms. The van der Waals surface area contributed by atoms with Crippen LogP contribution in [0.5, 0.6) is 5.75 Å². The Kier molecular flexibility index (Phi) is 6.53. The molecule has 8 heteroatoms. The Labute approximate surface area is 175 Å². The van der Waals surface area contributed by atoms with Gasteiger partial charge in [0, 0.05) is 31.3 Å². The second-order valence-electron chi connectivity index (χ2n) is 7.05. The van der Waals surface area contributed by atoms with Gasteiger partial charge in [0.2, 0.25) is 5.91 Å². The Hall–Kier alpha value is -2.06. The van der Waals surface area contributed by atoms with Crippen LogP contribution < -0.4 is 4.74 Å². The number of halogens is 4. The van der Waals surface area contributed by atoms with Gasteiger partial charge in [-0.3, -0.25) is 4.79 Å². The predicted molar refractivity (Wildman–Crippen MR) is 105 cm³/mol. The van der Waals surface area contributed by atoms with Gasteiger partial charge in [0.25, 0.3) is 0 Å². The van der Waals surface area contributed by atoms with Crippen molar-refractivity contribution in [1.29, 1.82) is 0 Å². The monoisotopic (exact) mass is 471 g/mol. The number of likely N-dealkylation sites (N-methyl/N-ethyl adjacent to an activating group) is 1. The molecule has 1 aliphatic heterocycles. The highest BCUT2D eigenvalue weighted by molar-refractivity contribution is 9.10. The van der Waals surface area contributed by atoms with Crippen LogP contribution in [0.2, 0.25) is 0 Å². The number of nitrogens with zero attached hydrogens (tertiary/aromatic N) is 1. The number of hydrogen-bond donors (Lipinski definition) is 0. The lowest BCUT2D eigenvalue weighted by molar-refractivity contribution is -0.274. The molecule has 0 N–H and O–H groups in total. The number of rotatable bonds is 5. The third kappa shape index (κ3) is 5.30. The number of alkyl halides is 3. The second kappa shape index (κ2) is 8.75. The first-order chi connectivity index (χ1) is 13.7. The molecule has 3 rings (SSSR count). The zero-order valence-corrected chi connectivity index (χ0v) is 17.4. The smallest absolute Gasteiger partial charge is 0.406 e. The highest BCUT2D eigenvalue weighted by atomic mass is 79.9. The molecule has 1 heterocycles. The molecule has 0 aromatic heterocycles. The molecule has 2 aromatic rings. The minimum atomic E-state index is -4.73. The Morgan fingerprint density at radius 2 is 1.69 bits per heavy atom. The highest BCUT2D eigenvalue weighted by Crippen LogP contribution is 2.37. The van der Waals surface area contributed by atoms with E-state index in [9.17, 15) is 18.0 Å². The normalized spacial score (nSPS) is 16.3. The molecule has 2 aromatic carbocycles. The van der Waals surface area contributed by atoms with Gasteiger partial charge in [0.05, 0.1) is 5.41 Å². The molecule has 1 saturated heterocycles. The van der Waals surface area contributed by atoms with Crippen molar-refractivity contribution in [3.63, 3.8) is 0 Å². The summed E-state index contributed by atoms with van der Waals surface area (Å²) >= 11 is 3.42. The van der Waals surface area contributed by atoms with Crippen LogP contribution in [0.4, 0.5) is 13.2 Å². The molecule has 0 unspecified atom stereocenters. The van der Waals surface area contributed by atoms with E-state index < -0.39 is 11.8 Å². The van der Waals surface area contributed by atoms with Crippen molar-refractivity contribution in [3.8, 4) is 5.75 Å². The van der Waals surface area contributed by atoms with E-state index >= 15 is 0 Å². The summed E-state index contributed by atoms with van der Waals surface area (Å²) < 4.78 is 47.2. The quantitative estimate of drug-likeness (QED) is 0.611. The van der Waals surface area contributed by atoms with Gasteiger partial charge >= 0.3 is 6.36 Å². The van der Waals surface area contributed by atoms with E-state index in [2.05, 4.69) is 20.7 Å². The topological polar surface area (TPSA) is 38.8 Å². The van der Waals surface area contributed by atoms with Gasteiger partial charge in [0.1, 0.15) is 5.75 Å². The number of ether oxygens (including phenoxy) is 2. The van der Waals surface area contributed by atoms with E-state index in [1.807, 2.05) is 24.3 Å². The van der Waals surface area contributed by atoms with E-state index in [0.29, 0.717) is 31.6 Å². The summed E-state index contributed by atoms with van der Waals surface area (Å²) in [4.78, 5) is 15.1. The van der Waals surface area contributed by atoms with Crippen molar-refractivity contribution in [2.75, 3.05) is 20.3 Å². The average Bonchev–Trinajstić information content (AvgIpc) is 2.69. The minimum Gasteiger partial charge on any atom is -0.406 e. The fraction of sp³-hybridized carbons (Fsp3) is 0.381. The zero-order chi connectivity index (χ0) is 21.1. The first-order valence-electron chi connectivity index (χ1n) is 9.14. The third-order valence-electron chi connectivity index (χ3n) is 5.08. The Bertz CT molecular complexity index is 832. The first-order valence-corrected chi connectivity index (χ1v) is 9.93.